The van der Waals surface area contributed by atoms with E-state index in [4.69, 9.17) is 4.74 Å². The Kier molecular flexibility index (Phi) is 5.69. The molecule has 0 fully saturated rings. The quantitative estimate of drug-likeness (QED) is 0.847. The third-order valence-corrected chi connectivity index (χ3v) is 3.30. The number of aryl methyl sites for hydroxylation is 1. The lowest BCUT2D eigenvalue weighted by molar-refractivity contribution is 0.293. The second-order valence-electron chi connectivity index (χ2n) is 5.59. The number of anilines is 1. The highest BCUT2D eigenvalue weighted by atomic mass is 16.5. The minimum atomic E-state index is 0.155. The maximum absolute atomic E-state index is 5.81. The summed E-state index contributed by atoms with van der Waals surface area (Å²) in [6.07, 6.45) is 0.925. The molecule has 1 unspecified atom stereocenters. The Morgan fingerprint density at radius 1 is 1.09 bits per heavy atom. The first kappa shape index (κ1) is 16.2. The summed E-state index contributed by atoms with van der Waals surface area (Å²) in [5.74, 6) is 3.33. The van der Waals surface area contributed by atoms with Gasteiger partial charge in [-0.2, -0.15) is 9.97 Å². The van der Waals surface area contributed by atoms with Crippen LogP contribution in [0.3, 0.4) is 0 Å². The SMILES string of the molecule is CCC(COc1ccccc1)Nc1nc(C)nc(C(C)C)n1. The molecule has 0 spiro atoms. The van der Waals surface area contributed by atoms with Crippen molar-refractivity contribution >= 4 is 5.95 Å². The van der Waals surface area contributed by atoms with Gasteiger partial charge >= 0.3 is 0 Å². The number of para-hydroxylation sites is 1. The molecule has 22 heavy (non-hydrogen) atoms. The largest absolute Gasteiger partial charge is 0.491 e. The van der Waals surface area contributed by atoms with E-state index < -0.39 is 0 Å². The van der Waals surface area contributed by atoms with E-state index in [0.717, 1.165) is 23.8 Å². The smallest absolute Gasteiger partial charge is 0.226 e. The standard InChI is InChI=1S/C17H24N4O/c1-5-14(11-22-15-9-7-6-8-10-15)20-17-19-13(4)18-16(21-17)12(2)3/h6-10,12,14H,5,11H2,1-4H3,(H,18,19,20,21). The van der Waals surface area contributed by atoms with Crippen molar-refractivity contribution in [3.63, 3.8) is 0 Å². The second-order valence-corrected chi connectivity index (χ2v) is 5.59. The molecule has 0 aliphatic heterocycles. The van der Waals surface area contributed by atoms with Crippen LogP contribution >= 0.6 is 0 Å². The number of ether oxygens (including phenoxy) is 1. The van der Waals surface area contributed by atoms with Crippen LogP contribution in [0, 0.1) is 6.92 Å². The Morgan fingerprint density at radius 3 is 2.45 bits per heavy atom. The van der Waals surface area contributed by atoms with E-state index in [9.17, 15) is 0 Å². The van der Waals surface area contributed by atoms with Gasteiger partial charge in [-0.05, 0) is 25.5 Å². The molecule has 1 atom stereocenters. The first-order valence-corrected chi connectivity index (χ1v) is 7.75. The number of hydrogen-bond donors (Lipinski definition) is 1. The molecule has 0 amide bonds. The van der Waals surface area contributed by atoms with Gasteiger partial charge in [-0.15, -0.1) is 0 Å². The van der Waals surface area contributed by atoms with Crippen LogP contribution in [0.25, 0.3) is 0 Å². The van der Waals surface area contributed by atoms with Crippen LogP contribution in [-0.2, 0) is 0 Å². The second kappa shape index (κ2) is 7.73. The van der Waals surface area contributed by atoms with Gasteiger partial charge in [0.1, 0.15) is 24.0 Å². The Labute approximate surface area is 132 Å². The van der Waals surface area contributed by atoms with Crippen molar-refractivity contribution in [2.45, 2.75) is 46.1 Å². The number of hydrogen-bond acceptors (Lipinski definition) is 5. The molecule has 0 bridgehead atoms. The summed E-state index contributed by atoms with van der Waals surface area (Å²) in [6.45, 7) is 8.73. The summed E-state index contributed by atoms with van der Waals surface area (Å²) in [4.78, 5) is 13.2. The molecule has 118 valence electrons. The van der Waals surface area contributed by atoms with E-state index in [1.54, 1.807) is 0 Å². The topological polar surface area (TPSA) is 59.9 Å². The Bertz CT molecular complexity index is 586. The first-order chi connectivity index (χ1) is 10.6. The molecule has 0 saturated carbocycles. The van der Waals surface area contributed by atoms with Crippen LogP contribution < -0.4 is 10.1 Å². The molecule has 5 heteroatoms. The summed E-state index contributed by atoms with van der Waals surface area (Å²) in [6, 6.07) is 9.97. The predicted octanol–water partition coefficient (Wildman–Crippen LogP) is 3.57. The molecule has 2 aromatic rings. The molecule has 0 aliphatic carbocycles. The van der Waals surface area contributed by atoms with E-state index in [-0.39, 0.29) is 12.0 Å². The lowest BCUT2D eigenvalue weighted by Crippen LogP contribution is -2.28. The van der Waals surface area contributed by atoms with E-state index in [0.29, 0.717) is 12.6 Å². The molecule has 0 radical (unpaired) electrons. The highest BCUT2D eigenvalue weighted by Crippen LogP contribution is 2.13. The maximum atomic E-state index is 5.81. The van der Waals surface area contributed by atoms with Gasteiger partial charge < -0.3 is 10.1 Å². The number of nitrogens with one attached hydrogen (secondary N) is 1. The first-order valence-electron chi connectivity index (χ1n) is 7.75. The monoisotopic (exact) mass is 300 g/mol. The van der Waals surface area contributed by atoms with E-state index in [1.807, 2.05) is 37.3 Å². The van der Waals surface area contributed by atoms with Crippen molar-refractivity contribution in [3.8, 4) is 5.75 Å². The summed E-state index contributed by atoms with van der Waals surface area (Å²) < 4.78 is 5.81. The Hall–Kier alpha value is -2.17. The zero-order valence-electron chi connectivity index (χ0n) is 13.7. The summed E-state index contributed by atoms with van der Waals surface area (Å²) in [5, 5.41) is 3.35. The fraction of sp³-hybridized carbons (Fsp3) is 0.471. The molecule has 1 aromatic heterocycles. The van der Waals surface area contributed by atoms with E-state index >= 15 is 0 Å². The van der Waals surface area contributed by atoms with Crippen molar-refractivity contribution in [1.82, 2.24) is 15.0 Å². The van der Waals surface area contributed by atoms with Gasteiger partial charge in [0.05, 0.1) is 6.04 Å². The molecule has 2 rings (SSSR count). The predicted molar refractivity (Wildman–Crippen MR) is 88.3 cm³/mol. The van der Waals surface area contributed by atoms with Gasteiger partial charge in [0.2, 0.25) is 5.95 Å². The molecular formula is C17H24N4O. The van der Waals surface area contributed by atoms with Crippen LogP contribution in [0.4, 0.5) is 5.95 Å². The molecule has 1 heterocycles. The average Bonchev–Trinajstić information content (AvgIpc) is 2.51. The van der Waals surface area contributed by atoms with Gasteiger partial charge in [-0.1, -0.05) is 39.0 Å². The lowest BCUT2D eigenvalue weighted by atomic mass is 10.2. The zero-order chi connectivity index (χ0) is 15.9. The minimum Gasteiger partial charge on any atom is -0.491 e. The average molecular weight is 300 g/mol. The number of nitrogens with zero attached hydrogens (tertiary/aromatic N) is 3. The molecule has 5 nitrogen and oxygen atoms in total. The number of aromatic nitrogens is 3. The molecule has 0 aliphatic rings. The van der Waals surface area contributed by atoms with Gasteiger partial charge in [-0.3, -0.25) is 0 Å². The molecule has 0 saturated heterocycles. The van der Waals surface area contributed by atoms with Gasteiger partial charge in [0.25, 0.3) is 0 Å². The summed E-state index contributed by atoms with van der Waals surface area (Å²) in [7, 11) is 0. The summed E-state index contributed by atoms with van der Waals surface area (Å²) >= 11 is 0. The highest BCUT2D eigenvalue weighted by molar-refractivity contribution is 5.27. The van der Waals surface area contributed by atoms with E-state index in [1.165, 1.54) is 0 Å². The fourth-order valence-corrected chi connectivity index (χ4v) is 1.98. The molecule has 1 aromatic carbocycles. The maximum Gasteiger partial charge on any atom is 0.226 e. The van der Waals surface area contributed by atoms with Crippen molar-refractivity contribution in [1.29, 1.82) is 0 Å². The van der Waals surface area contributed by atoms with Crippen LogP contribution in [-0.4, -0.2) is 27.6 Å². The molecule has 1 N–H and O–H groups in total. The fourth-order valence-electron chi connectivity index (χ4n) is 1.98. The number of rotatable bonds is 7. The van der Waals surface area contributed by atoms with Crippen LogP contribution in [0.5, 0.6) is 5.75 Å². The van der Waals surface area contributed by atoms with Crippen LogP contribution in [0.2, 0.25) is 0 Å². The van der Waals surface area contributed by atoms with E-state index in [2.05, 4.69) is 41.0 Å². The minimum absolute atomic E-state index is 0.155. The van der Waals surface area contributed by atoms with Gasteiger partial charge in [0, 0.05) is 5.92 Å². The van der Waals surface area contributed by atoms with Gasteiger partial charge in [0.15, 0.2) is 0 Å². The normalized spacial score (nSPS) is 12.2. The Balaban J connectivity index is 2.00. The van der Waals surface area contributed by atoms with Crippen LogP contribution in [0.1, 0.15) is 44.8 Å². The third-order valence-electron chi connectivity index (χ3n) is 3.30. The lowest BCUT2D eigenvalue weighted by Gasteiger charge is -2.18. The molecular weight excluding hydrogens is 276 g/mol. The number of benzene rings is 1. The van der Waals surface area contributed by atoms with Crippen LogP contribution in [0.15, 0.2) is 30.3 Å². The van der Waals surface area contributed by atoms with Gasteiger partial charge in [-0.25, -0.2) is 4.98 Å². The highest BCUT2D eigenvalue weighted by Gasteiger charge is 2.12. The third kappa shape index (κ3) is 4.69. The zero-order valence-corrected chi connectivity index (χ0v) is 13.7. The van der Waals surface area contributed by atoms with Crippen molar-refractivity contribution < 1.29 is 4.74 Å². The van der Waals surface area contributed by atoms with Crippen molar-refractivity contribution in [3.05, 3.63) is 42.0 Å². The van der Waals surface area contributed by atoms with Crippen molar-refractivity contribution in [2.75, 3.05) is 11.9 Å². The Morgan fingerprint density at radius 2 is 1.82 bits per heavy atom. The van der Waals surface area contributed by atoms with Crippen molar-refractivity contribution in [2.24, 2.45) is 0 Å². The summed E-state index contributed by atoms with van der Waals surface area (Å²) in [5.41, 5.74) is 0.